The molecule has 1 saturated carbocycles. The molecule has 4 rings (SSSR count). The highest BCUT2D eigenvalue weighted by molar-refractivity contribution is 7.89. The van der Waals surface area contributed by atoms with Crippen molar-refractivity contribution in [3.05, 3.63) is 12.4 Å². The summed E-state index contributed by atoms with van der Waals surface area (Å²) in [6.45, 7) is 4.35. The number of piperazine rings is 1. The van der Waals surface area contributed by atoms with Crippen molar-refractivity contribution in [2.45, 2.75) is 38.2 Å². The van der Waals surface area contributed by atoms with E-state index >= 15 is 0 Å². The minimum atomic E-state index is -3.50. The van der Waals surface area contributed by atoms with Crippen molar-refractivity contribution < 1.29 is 27.5 Å². The molecule has 2 aliphatic heterocycles. The van der Waals surface area contributed by atoms with Crippen molar-refractivity contribution in [3.63, 3.8) is 0 Å². The average molecular weight is 525 g/mol. The molecule has 0 unspecified atom stereocenters. The number of amides is 2. The third-order valence-corrected chi connectivity index (χ3v) is 8.69. The van der Waals surface area contributed by atoms with Gasteiger partial charge in [0.2, 0.25) is 21.8 Å². The lowest BCUT2D eigenvalue weighted by molar-refractivity contribution is -0.120. The topological polar surface area (TPSA) is 125 Å². The molecule has 36 heavy (non-hydrogen) atoms. The molecule has 0 bridgehead atoms. The SMILES string of the molecule is CN(C)CCS(=O)(=O)N1CCN(c2cnc(OCC3CCN(C(=O)OC4(C)CC4)CC3)cn2)C(=O)C1. The van der Waals surface area contributed by atoms with Crippen molar-refractivity contribution in [1.82, 2.24) is 24.1 Å². The molecule has 0 aromatic carbocycles. The van der Waals surface area contributed by atoms with Crippen LogP contribution in [0.15, 0.2) is 12.4 Å². The molecule has 1 aromatic heterocycles. The number of hydrogen-bond acceptors (Lipinski definition) is 9. The van der Waals surface area contributed by atoms with Crippen molar-refractivity contribution in [2.24, 2.45) is 5.92 Å². The lowest BCUT2D eigenvalue weighted by Gasteiger charge is -2.33. The molecule has 13 heteroatoms. The van der Waals surface area contributed by atoms with Crippen LogP contribution in [0.3, 0.4) is 0 Å². The summed E-state index contributed by atoms with van der Waals surface area (Å²) in [5, 5.41) is 0. The molecule has 0 atom stereocenters. The van der Waals surface area contributed by atoms with E-state index in [9.17, 15) is 18.0 Å². The van der Waals surface area contributed by atoms with Gasteiger partial charge in [0.25, 0.3) is 0 Å². The molecule has 2 saturated heterocycles. The van der Waals surface area contributed by atoms with E-state index in [1.54, 1.807) is 9.80 Å². The molecular formula is C23H36N6O6S. The zero-order chi connectivity index (χ0) is 25.9. The average Bonchev–Trinajstić information content (AvgIpc) is 3.58. The van der Waals surface area contributed by atoms with E-state index in [0.29, 0.717) is 43.9 Å². The summed E-state index contributed by atoms with van der Waals surface area (Å²) in [4.78, 5) is 38.5. The van der Waals surface area contributed by atoms with Crippen LogP contribution in [0.2, 0.25) is 0 Å². The summed E-state index contributed by atoms with van der Waals surface area (Å²) < 4.78 is 37.6. The second-order valence-corrected chi connectivity index (χ2v) is 12.4. The summed E-state index contributed by atoms with van der Waals surface area (Å²) in [5.74, 6) is 0.671. The second kappa shape index (κ2) is 10.9. The monoisotopic (exact) mass is 524 g/mol. The normalized spacial score (nSPS) is 21.1. The van der Waals surface area contributed by atoms with Gasteiger partial charge in [-0.15, -0.1) is 0 Å². The molecule has 0 spiro atoms. The van der Waals surface area contributed by atoms with Crippen LogP contribution >= 0.6 is 0 Å². The van der Waals surface area contributed by atoms with Crippen LogP contribution in [-0.2, 0) is 19.6 Å². The van der Waals surface area contributed by atoms with Crippen molar-refractivity contribution in [2.75, 3.05) is 70.6 Å². The number of nitrogens with zero attached hydrogens (tertiary/aromatic N) is 6. The van der Waals surface area contributed by atoms with Crippen LogP contribution in [0.25, 0.3) is 0 Å². The van der Waals surface area contributed by atoms with Crippen LogP contribution in [0.4, 0.5) is 10.6 Å². The molecule has 3 fully saturated rings. The maximum Gasteiger partial charge on any atom is 0.410 e. The Labute approximate surface area is 212 Å². The number of hydrogen-bond donors (Lipinski definition) is 0. The molecule has 1 aliphatic carbocycles. The maximum atomic E-state index is 12.6. The number of anilines is 1. The minimum absolute atomic E-state index is 0.0261. The van der Waals surface area contributed by atoms with Gasteiger partial charge in [-0.25, -0.2) is 23.2 Å². The molecule has 2 amide bonds. The summed E-state index contributed by atoms with van der Waals surface area (Å²) in [5.41, 5.74) is -0.260. The quantitative estimate of drug-likeness (QED) is 0.461. The molecule has 12 nitrogen and oxygen atoms in total. The summed E-state index contributed by atoms with van der Waals surface area (Å²) in [6.07, 6.45) is 6.25. The van der Waals surface area contributed by atoms with Gasteiger partial charge in [0.15, 0.2) is 5.82 Å². The minimum Gasteiger partial charge on any atom is -0.476 e. The molecule has 3 aliphatic rings. The van der Waals surface area contributed by atoms with Crippen LogP contribution < -0.4 is 9.64 Å². The Morgan fingerprint density at radius 3 is 2.44 bits per heavy atom. The summed E-state index contributed by atoms with van der Waals surface area (Å²) in [6, 6.07) is 0. The first kappa shape index (κ1) is 26.6. The Balaban J connectivity index is 1.21. The number of ether oxygens (including phenoxy) is 2. The summed E-state index contributed by atoms with van der Waals surface area (Å²) >= 11 is 0. The lowest BCUT2D eigenvalue weighted by atomic mass is 9.98. The first-order chi connectivity index (χ1) is 17.0. The smallest absolute Gasteiger partial charge is 0.410 e. The van der Waals surface area contributed by atoms with Gasteiger partial charge in [0.1, 0.15) is 5.60 Å². The molecular weight excluding hydrogens is 488 g/mol. The van der Waals surface area contributed by atoms with E-state index in [1.807, 2.05) is 21.0 Å². The van der Waals surface area contributed by atoms with E-state index in [4.69, 9.17) is 9.47 Å². The predicted molar refractivity (Wildman–Crippen MR) is 132 cm³/mol. The Morgan fingerprint density at radius 2 is 1.86 bits per heavy atom. The van der Waals surface area contributed by atoms with Gasteiger partial charge in [0, 0.05) is 32.7 Å². The standard InChI is InChI=1S/C23H36N6O6S/c1-23(6-7-23)35-22(31)27-8-4-18(5-9-27)17-34-20-15-24-19(14-25-20)29-11-10-28(16-21(29)30)36(32,33)13-12-26(2)3/h14-15,18H,4-13,16-17H2,1-3H3. The van der Waals surface area contributed by atoms with E-state index in [2.05, 4.69) is 9.97 Å². The van der Waals surface area contributed by atoms with Crippen molar-refractivity contribution in [3.8, 4) is 5.88 Å². The van der Waals surface area contributed by atoms with Crippen molar-refractivity contribution >= 4 is 27.8 Å². The number of aromatic nitrogens is 2. The zero-order valence-corrected chi connectivity index (χ0v) is 22.1. The Bertz CT molecular complexity index is 1040. The Hall–Kier alpha value is -2.51. The highest BCUT2D eigenvalue weighted by atomic mass is 32.2. The molecule has 0 N–H and O–H groups in total. The number of rotatable bonds is 9. The van der Waals surface area contributed by atoms with Gasteiger partial charge in [-0.05, 0) is 52.6 Å². The fourth-order valence-corrected chi connectivity index (χ4v) is 5.64. The van der Waals surface area contributed by atoms with Gasteiger partial charge < -0.3 is 19.3 Å². The lowest BCUT2D eigenvalue weighted by Crippen LogP contribution is -2.53. The van der Waals surface area contributed by atoms with Crippen molar-refractivity contribution in [1.29, 1.82) is 0 Å². The van der Waals surface area contributed by atoms with Gasteiger partial charge in [-0.3, -0.25) is 9.69 Å². The number of likely N-dealkylation sites (tertiary alicyclic amines) is 1. The van der Waals surface area contributed by atoms with Gasteiger partial charge in [-0.1, -0.05) is 0 Å². The van der Waals surface area contributed by atoms with Crippen LogP contribution in [0.1, 0.15) is 32.6 Å². The van der Waals surface area contributed by atoms with Gasteiger partial charge in [0.05, 0.1) is 31.3 Å². The predicted octanol–water partition coefficient (Wildman–Crippen LogP) is 0.797. The highest BCUT2D eigenvalue weighted by Crippen LogP contribution is 2.39. The van der Waals surface area contributed by atoms with E-state index < -0.39 is 10.0 Å². The van der Waals surface area contributed by atoms with Crippen LogP contribution in [-0.4, -0.2) is 116 Å². The third-order valence-electron chi connectivity index (χ3n) is 6.89. The number of piperidine rings is 1. The van der Waals surface area contributed by atoms with E-state index in [0.717, 1.165) is 25.7 Å². The number of sulfonamides is 1. The Kier molecular flexibility index (Phi) is 8.00. The Morgan fingerprint density at radius 1 is 1.14 bits per heavy atom. The van der Waals surface area contributed by atoms with Crippen LogP contribution in [0, 0.1) is 5.92 Å². The molecule has 3 heterocycles. The maximum absolute atomic E-state index is 12.6. The molecule has 200 valence electrons. The van der Waals surface area contributed by atoms with E-state index in [-0.39, 0.29) is 43.0 Å². The van der Waals surface area contributed by atoms with E-state index in [1.165, 1.54) is 21.6 Å². The number of carbonyl (C=O) groups is 2. The third kappa shape index (κ3) is 6.83. The second-order valence-electron chi connectivity index (χ2n) is 10.3. The van der Waals surface area contributed by atoms with Gasteiger partial charge in [-0.2, -0.15) is 4.31 Å². The largest absolute Gasteiger partial charge is 0.476 e. The fraction of sp³-hybridized carbons (Fsp3) is 0.739. The van der Waals surface area contributed by atoms with Gasteiger partial charge >= 0.3 is 6.09 Å². The number of carbonyl (C=O) groups excluding carboxylic acids is 2. The first-order valence-electron chi connectivity index (χ1n) is 12.4. The highest BCUT2D eigenvalue weighted by Gasteiger charge is 2.43. The first-order valence-corrected chi connectivity index (χ1v) is 14.0. The zero-order valence-electron chi connectivity index (χ0n) is 21.3. The van der Waals surface area contributed by atoms with Crippen LogP contribution in [0.5, 0.6) is 5.88 Å². The summed E-state index contributed by atoms with van der Waals surface area (Å²) in [7, 11) is 0.119. The fourth-order valence-electron chi connectivity index (χ4n) is 4.12. The molecule has 0 radical (unpaired) electrons. The molecule has 1 aromatic rings.